The molecule has 0 atom stereocenters. The molecule has 27 heavy (non-hydrogen) atoms. The normalized spacial score (nSPS) is 10.4. The van der Waals surface area contributed by atoms with E-state index >= 15 is 0 Å². The maximum Gasteiger partial charge on any atom is 0.253 e. The molecular formula is C21H24N4O2. The molecule has 0 bridgehead atoms. The van der Waals surface area contributed by atoms with Gasteiger partial charge in [0, 0.05) is 30.7 Å². The Bertz CT molecular complexity index is 856. The van der Waals surface area contributed by atoms with Crippen molar-refractivity contribution in [2.24, 2.45) is 0 Å². The fourth-order valence-electron chi connectivity index (χ4n) is 2.83. The molecule has 0 unspecified atom stereocenters. The van der Waals surface area contributed by atoms with E-state index < -0.39 is 0 Å². The fourth-order valence-corrected chi connectivity index (χ4v) is 2.83. The van der Waals surface area contributed by atoms with Gasteiger partial charge in [-0.25, -0.2) is 0 Å². The Morgan fingerprint density at radius 2 is 1.85 bits per heavy atom. The molecule has 1 amide bonds. The Balaban J connectivity index is 1.64. The van der Waals surface area contributed by atoms with Gasteiger partial charge in [0.2, 0.25) is 0 Å². The largest absolute Gasteiger partial charge is 0.467 e. The fraction of sp³-hybridized carbons (Fsp3) is 0.238. The van der Waals surface area contributed by atoms with Crippen molar-refractivity contribution >= 4 is 23.0 Å². The number of hydrogen-bond donors (Lipinski definition) is 2. The van der Waals surface area contributed by atoms with Crippen LogP contribution in [0.1, 0.15) is 30.0 Å². The van der Waals surface area contributed by atoms with Crippen LogP contribution in [-0.4, -0.2) is 24.0 Å². The number of rotatable bonds is 8. The summed E-state index contributed by atoms with van der Waals surface area (Å²) in [5.41, 5.74) is 3.39. The molecule has 0 aliphatic heterocycles. The molecule has 140 valence electrons. The van der Waals surface area contributed by atoms with Gasteiger partial charge in [-0.3, -0.25) is 9.78 Å². The van der Waals surface area contributed by atoms with Crippen LogP contribution >= 0.6 is 0 Å². The second-order valence-electron chi connectivity index (χ2n) is 6.07. The first kappa shape index (κ1) is 18.5. The second kappa shape index (κ2) is 8.89. The molecule has 0 spiro atoms. The van der Waals surface area contributed by atoms with Crippen molar-refractivity contribution in [1.82, 2.24) is 10.3 Å². The smallest absolute Gasteiger partial charge is 0.253 e. The lowest BCUT2D eigenvalue weighted by molar-refractivity contribution is 0.0947. The van der Waals surface area contributed by atoms with Gasteiger partial charge in [-0.05, 0) is 56.3 Å². The van der Waals surface area contributed by atoms with Crippen molar-refractivity contribution in [2.75, 3.05) is 23.3 Å². The lowest BCUT2D eigenvalue weighted by Crippen LogP contribution is -2.22. The number of nitrogens with one attached hydrogen (secondary N) is 2. The first-order valence-corrected chi connectivity index (χ1v) is 9.07. The Hall–Kier alpha value is -3.28. The molecule has 0 radical (unpaired) electrons. The van der Waals surface area contributed by atoms with E-state index in [9.17, 15) is 4.79 Å². The summed E-state index contributed by atoms with van der Waals surface area (Å²) in [6, 6.07) is 13.6. The highest BCUT2D eigenvalue weighted by molar-refractivity contribution is 5.94. The van der Waals surface area contributed by atoms with Crippen LogP contribution in [0.25, 0.3) is 0 Å². The molecule has 3 rings (SSSR count). The maximum atomic E-state index is 12.3. The SMILES string of the molecule is CCN(CC)c1ccc(Nc2cncc(C(=O)NCc3ccco3)c2)cc1. The highest BCUT2D eigenvalue weighted by atomic mass is 16.3. The van der Waals surface area contributed by atoms with Crippen LogP contribution in [-0.2, 0) is 6.54 Å². The van der Waals surface area contributed by atoms with Gasteiger partial charge in [0.25, 0.3) is 5.91 Å². The molecule has 3 aromatic rings. The summed E-state index contributed by atoms with van der Waals surface area (Å²) >= 11 is 0. The van der Waals surface area contributed by atoms with Crippen molar-refractivity contribution in [3.05, 3.63) is 72.4 Å². The van der Waals surface area contributed by atoms with Crippen LogP contribution in [0, 0.1) is 0 Å². The van der Waals surface area contributed by atoms with Crippen LogP contribution < -0.4 is 15.5 Å². The lowest BCUT2D eigenvalue weighted by Gasteiger charge is -2.21. The zero-order valence-electron chi connectivity index (χ0n) is 15.6. The molecule has 6 heteroatoms. The van der Waals surface area contributed by atoms with Crippen LogP contribution in [0.5, 0.6) is 0 Å². The third-order valence-corrected chi connectivity index (χ3v) is 4.29. The number of furan rings is 1. The van der Waals surface area contributed by atoms with Gasteiger partial charge >= 0.3 is 0 Å². The Kier molecular flexibility index (Phi) is 6.10. The van der Waals surface area contributed by atoms with Gasteiger partial charge < -0.3 is 20.0 Å². The van der Waals surface area contributed by atoms with E-state index in [2.05, 4.69) is 46.5 Å². The van der Waals surface area contributed by atoms with E-state index in [1.165, 1.54) is 5.69 Å². The zero-order valence-corrected chi connectivity index (χ0v) is 15.6. The van der Waals surface area contributed by atoms with Crippen molar-refractivity contribution in [3.8, 4) is 0 Å². The summed E-state index contributed by atoms with van der Waals surface area (Å²) in [6.45, 7) is 6.58. The van der Waals surface area contributed by atoms with Crippen LogP contribution in [0.3, 0.4) is 0 Å². The highest BCUT2D eigenvalue weighted by Crippen LogP contribution is 2.21. The van der Waals surface area contributed by atoms with E-state index in [1.54, 1.807) is 30.8 Å². The van der Waals surface area contributed by atoms with Crippen molar-refractivity contribution in [1.29, 1.82) is 0 Å². The van der Waals surface area contributed by atoms with Gasteiger partial charge in [-0.1, -0.05) is 0 Å². The molecule has 0 aliphatic rings. The number of nitrogens with zero attached hydrogens (tertiary/aromatic N) is 2. The van der Waals surface area contributed by atoms with E-state index in [0.29, 0.717) is 17.9 Å². The van der Waals surface area contributed by atoms with Crippen molar-refractivity contribution in [2.45, 2.75) is 20.4 Å². The molecule has 2 heterocycles. The first-order chi connectivity index (χ1) is 13.2. The van der Waals surface area contributed by atoms with Crippen LogP contribution in [0.2, 0.25) is 0 Å². The second-order valence-corrected chi connectivity index (χ2v) is 6.07. The zero-order chi connectivity index (χ0) is 19.1. The third-order valence-electron chi connectivity index (χ3n) is 4.29. The molecule has 0 fully saturated rings. The van der Waals surface area contributed by atoms with Crippen molar-refractivity contribution < 1.29 is 9.21 Å². The van der Waals surface area contributed by atoms with E-state index in [0.717, 1.165) is 24.5 Å². The van der Waals surface area contributed by atoms with Crippen molar-refractivity contribution in [3.63, 3.8) is 0 Å². The van der Waals surface area contributed by atoms with Crippen LogP contribution in [0.15, 0.2) is 65.5 Å². The summed E-state index contributed by atoms with van der Waals surface area (Å²) in [6.07, 6.45) is 4.83. The Morgan fingerprint density at radius 3 is 2.52 bits per heavy atom. The minimum atomic E-state index is -0.195. The van der Waals surface area contributed by atoms with Crippen LogP contribution in [0.4, 0.5) is 17.1 Å². The quantitative estimate of drug-likeness (QED) is 0.627. The number of aromatic nitrogens is 1. The number of benzene rings is 1. The summed E-state index contributed by atoms with van der Waals surface area (Å²) in [7, 11) is 0. The average Bonchev–Trinajstić information content (AvgIpc) is 3.22. The van der Waals surface area contributed by atoms with E-state index in [-0.39, 0.29) is 5.91 Å². The maximum absolute atomic E-state index is 12.3. The van der Waals surface area contributed by atoms with Gasteiger partial charge in [0.05, 0.1) is 30.3 Å². The topological polar surface area (TPSA) is 70.4 Å². The summed E-state index contributed by atoms with van der Waals surface area (Å²) in [5, 5.41) is 6.11. The molecule has 6 nitrogen and oxygen atoms in total. The first-order valence-electron chi connectivity index (χ1n) is 9.07. The van der Waals surface area contributed by atoms with E-state index in [1.807, 2.05) is 18.2 Å². The number of hydrogen-bond acceptors (Lipinski definition) is 5. The summed E-state index contributed by atoms with van der Waals surface area (Å²) in [5.74, 6) is 0.512. The molecule has 1 aromatic carbocycles. The Morgan fingerprint density at radius 1 is 1.07 bits per heavy atom. The number of pyridine rings is 1. The highest BCUT2D eigenvalue weighted by Gasteiger charge is 2.08. The molecular weight excluding hydrogens is 340 g/mol. The minimum absolute atomic E-state index is 0.195. The van der Waals surface area contributed by atoms with Gasteiger partial charge in [-0.15, -0.1) is 0 Å². The monoisotopic (exact) mass is 364 g/mol. The number of anilines is 3. The molecule has 0 aliphatic carbocycles. The average molecular weight is 364 g/mol. The molecule has 0 saturated heterocycles. The minimum Gasteiger partial charge on any atom is -0.467 e. The van der Waals surface area contributed by atoms with Gasteiger partial charge in [0.1, 0.15) is 5.76 Å². The predicted molar refractivity (Wildman–Crippen MR) is 107 cm³/mol. The summed E-state index contributed by atoms with van der Waals surface area (Å²) < 4.78 is 5.22. The number of carbonyl (C=O) groups excluding carboxylic acids is 1. The standard InChI is InChI=1S/C21H24N4O2/c1-3-25(4-2)19-9-7-17(8-10-19)24-18-12-16(13-22-14-18)21(26)23-15-20-6-5-11-27-20/h5-14,24H,3-4,15H2,1-2H3,(H,23,26). The molecule has 2 N–H and O–H groups in total. The molecule has 0 saturated carbocycles. The summed E-state index contributed by atoms with van der Waals surface area (Å²) in [4.78, 5) is 18.8. The van der Waals surface area contributed by atoms with E-state index in [4.69, 9.17) is 4.42 Å². The predicted octanol–water partition coefficient (Wildman–Crippen LogP) is 4.19. The van der Waals surface area contributed by atoms with Gasteiger partial charge in [-0.2, -0.15) is 0 Å². The lowest BCUT2D eigenvalue weighted by atomic mass is 10.2. The van der Waals surface area contributed by atoms with Gasteiger partial charge in [0.15, 0.2) is 0 Å². The number of amides is 1. The third kappa shape index (κ3) is 4.88. The number of carbonyl (C=O) groups is 1. The molecule has 2 aromatic heterocycles. The Labute approximate surface area is 159 Å².